The van der Waals surface area contributed by atoms with Gasteiger partial charge in [-0.2, -0.15) is 0 Å². The van der Waals surface area contributed by atoms with Crippen molar-refractivity contribution in [3.05, 3.63) is 70.8 Å². The normalized spacial score (nSPS) is 12.1. The third-order valence-corrected chi connectivity index (χ3v) is 5.05. The summed E-state index contributed by atoms with van der Waals surface area (Å²) in [5, 5.41) is 0. The highest BCUT2D eigenvalue weighted by molar-refractivity contribution is 5.28. The van der Waals surface area contributed by atoms with Crippen LogP contribution in [0.3, 0.4) is 0 Å². The van der Waals surface area contributed by atoms with E-state index in [1.54, 1.807) is 0 Å². The molecule has 0 heterocycles. The second-order valence-corrected chi connectivity index (χ2v) is 14.0. The van der Waals surface area contributed by atoms with E-state index in [-0.39, 0.29) is 20.3 Å². The molecule has 0 radical (unpaired) electrons. The van der Waals surface area contributed by atoms with Crippen LogP contribution < -0.4 is 0 Å². The third-order valence-electron chi connectivity index (χ3n) is 5.05. The molecular weight excluding hydrogens is 396 g/mol. The summed E-state index contributed by atoms with van der Waals surface area (Å²) in [5.74, 6) is 0. The van der Waals surface area contributed by atoms with Gasteiger partial charge < -0.3 is 0 Å². The summed E-state index contributed by atoms with van der Waals surface area (Å²) >= 11 is 0. The van der Waals surface area contributed by atoms with Crippen molar-refractivity contribution >= 4 is 0 Å². The van der Waals surface area contributed by atoms with Crippen LogP contribution in [0.25, 0.3) is 0 Å². The molecule has 0 N–H and O–H groups in total. The lowest BCUT2D eigenvalue weighted by atomic mass is 9.84. The molecule has 190 valence electrons. The first-order chi connectivity index (χ1) is 13.8. The van der Waals surface area contributed by atoms with E-state index in [0.29, 0.717) is 16.2 Å². The Kier molecular flexibility index (Phi) is 13.0. The van der Waals surface area contributed by atoms with Gasteiger partial charge >= 0.3 is 0 Å². The molecular formula is C33H58. The molecule has 0 fully saturated rings. The molecule has 0 spiro atoms. The van der Waals surface area contributed by atoms with Crippen LogP contribution in [0.5, 0.6) is 0 Å². The molecule has 0 bridgehead atoms. The zero-order valence-electron chi connectivity index (χ0n) is 22.7. The minimum Gasteiger partial charge on any atom is -0.0776 e. The van der Waals surface area contributed by atoms with Gasteiger partial charge in [0.15, 0.2) is 0 Å². The monoisotopic (exact) mass is 454 g/mol. The molecule has 0 atom stereocenters. The Hall–Kier alpha value is -1.56. The lowest BCUT2D eigenvalue weighted by molar-refractivity contribution is 0.407. The maximum atomic E-state index is 2.29. The Labute approximate surface area is 209 Å². The second kappa shape index (κ2) is 12.8. The van der Waals surface area contributed by atoms with Gasteiger partial charge in [0.25, 0.3) is 0 Å². The number of rotatable bonds is 3. The number of benzene rings is 2. The van der Waals surface area contributed by atoms with Gasteiger partial charge in [-0.25, -0.2) is 0 Å². The molecule has 0 aliphatic heterocycles. The van der Waals surface area contributed by atoms with Gasteiger partial charge in [0.2, 0.25) is 0 Å². The lowest BCUT2D eigenvalue weighted by Gasteiger charge is -2.21. The van der Waals surface area contributed by atoms with Crippen LogP contribution in [0.4, 0.5) is 0 Å². The Morgan fingerprint density at radius 1 is 0.394 bits per heavy atom. The summed E-state index contributed by atoms with van der Waals surface area (Å²) in [6.07, 6.45) is 3.46. The van der Waals surface area contributed by atoms with Crippen molar-refractivity contribution in [1.29, 1.82) is 0 Å². The first kappa shape index (κ1) is 33.6. The van der Waals surface area contributed by atoms with Crippen LogP contribution in [0.2, 0.25) is 0 Å². The van der Waals surface area contributed by atoms with Crippen molar-refractivity contribution in [2.45, 2.75) is 123 Å². The molecule has 0 aromatic heterocycles. The molecule has 2 aromatic carbocycles. The summed E-state index contributed by atoms with van der Waals surface area (Å²) in [7, 11) is 0. The highest BCUT2D eigenvalue weighted by Crippen LogP contribution is 2.26. The third kappa shape index (κ3) is 15.8. The fourth-order valence-electron chi connectivity index (χ4n) is 3.73. The quantitative estimate of drug-likeness (QED) is 0.432. The summed E-state index contributed by atoms with van der Waals surface area (Å²) in [6.45, 7) is 27.3. The number of hydrogen-bond acceptors (Lipinski definition) is 0. The summed E-state index contributed by atoms with van der Waals surface area (Å²) in [4.78, 5) is 0. The van der Waals surface area contributed by atoms with E-state index in [9.17, 15) is 0 Å². The Morgan fingerprint density at radius 2 is 0.606 bits per heavy atom. The molecule has 0 aliphatic carbocycles. The van der Waals surface area contributed by atoms with E-state index >= 15 is 0 Å². The van der Waals surface area contributed by atoms with Crippen LogP contribution in [0.1, 0.15) is 120 Å². The molecule has 0 nitrogen and oxygen atoms in total. The van der Waals surface area contributed by atoms with Gasteiger partial charge in [0.05, 0.1) is 0 Å². The number of hydrogen-bond donors (Lipinski definition) is 0. The molecule has 33 heavy (non-hydrogen) atoms. The molecule has 2 aromatic rings. The molecule has 0 amide bonds. The SMILES string of the molecule is C.C.CC(C)(C)Cc1ccc(C(C)(C)C)cc1.CC(C)(C)Cc1ccc(CC(C)(C)C)cc1. The molecule has 0 saturated carbocycles. The van der Waals surface area contributed by atoms with Gasteiger partial charge in [-0.05, 0) is 63.2 Å². The van der Waals surface area contributed by atoms with Crippen molar-refractivity contribution in [2.75, 3.05) is 0 Å². The standard InChI is InChI=1S/C16H26.C15H24.2CH4/c1-15(2,3)11-13-7-9-14(10-8-13)12-16(4,5)6;1-14(2,3)11-12-7-9-13(10-8-12)15(4,5)6;;/h7-10H,11-12H2,1-6H3;7-10H,11H2,1-6H3;2*1H4. The largest absolute Gasteiger partial charge is 0.0776 e. The topological polar surface area (TPSA) is 0 Å². The Bertz CT molecular complexity index is 726. The zero-order valence-corrected chi connectivity index (χ0v) is 22.7. The average Bonchev–Trinajstić information content (AvgIpc) is 2.53. The smallest absolute Gasteiger partial charge is 0.0132 e. The molecule has 0 aliphatic rings. The van der Waals surface area contributed by atoms with E-state index in [0.717, 1.165) is 19.3 Å². The molecule has 0 saturated heterocycles. The molecule has 0 unspecified atom stereocenters. The van der Waals surface area contributed by atoms with Gasteiger partial charge in [0.1, 0.15) is 0 Å². The fourth-order valence-corrected chi connectivity index (χ4v) is 3.73. The minimum absolute atomic E-state index is 0. The van der Waals surface area contributed by atoms with Crippen LogP contribution in [-0.2, 0) is 24.7 Å². The molecule has 0 heteroatoms. The average molecular weight is 455 g/mol. The van der Waals surface area contributed by atoms with Gasteiger partial charge in [-0.1, -0.05) is 146 Å². The molecule has 2 rings (SSSR count). The lowest BCUT2D eigenvalue weighted by Crippen LogP contribution is -2.12. The zero-order chi connectivity index (χ0) is 24.1. The van der Waals surface area contributed by atoms with Crippen molar-refractivity contribution in [3.63, 3.8) is 0 Å². The highest BCUT2D eigenvalue weighted by Gasteiger charge is 2.15. The van der Waals surface area contributed by atoms with E-state index in [1.807, 2.05) is 0 Å². The Morgan fingerprint density at radius 3 is 0.788 bits per heavy atom. The highest BCUT2D eigenvalue weighted by atomic mass is 14.2. The van der Waals surface area contributed by atoms with E-state index < -0.39 is 0 Å². The van der Waals surface area contributed by atoms with Gasteiger partial charge in [-0.3, -0.25) is 0 Å². The second-order valence-electron chi connectivity index (χ2n) is 14.0. The maximum absolute atomic E-state index is 2.29. The summed E-state index contributed by atoms with van der Waals surface area (Å²) in [5.41, 5.74) is 7.16. The first-order valence-corrected chi connectivity index (χ1v) is 12.0. The summed E-state index contributed by atoms with van der Waals surface area (Å²) in [6, 6.07) is 18.2. The van der Waals surface area contributed by atoms with Crippen molar-refractivity contribution in [1.82, 2.24) is 0 Å². The predicted molar refractivity (Wildman–Crippen MR) is 155 cm³/mol. The minimum atomic E-state index is 0. The van der Waals surface area contributed by atoms with Crippen LogP contribution in [-0.4, -0.2) is 0 Å². The fraction of sp³-hybridized carbons (Fsp3) is 0.636. The summed E-state index contributed by atoms with van der Waals surface area (Å²) < 4.78 is 0. The van der Waals surface area contributed by atoms with Crippen molar-refractivity contribution in [3.8, 4) is 0 Å². The van der Waals surface area contributed by atoms with Gasteiger partial charge in [0, 0.05) is 0 Å². The van der Waals surface area contributed by atoms with E-state index in [2.05, 4.69) is 132 Å². The Balaban J connectivity index is 0. The first-order valence-electron chi connectivity index (χ1n) is 12.0. The van der Waals surface area contributed by atoms with Crippen molar-refractivity contribution in [2.24, 2.45) is 16.2 Å². The maximum Gasteiger partial charge on any atom is -0.0132 e. The van der Waals surface area contributed by atoms with E-state index in [1.165, 1.54) is 22.3 Å². The van der Waals surface area contributed by atoms with Gasteiger partial charge in [-0.15, -0.1) is 0 Å². The van der Waals surface area contributed by atoms with E-state index in [4.69, 9.17) is 0 Å². The predicted octanol–water partition coefficient (Wildman–Crippen LogP) is 10.7. The van der Waals surface area contributed by atoms with Crippen LogP contribution in [0.15, 0.2) is 48.5 Å². The van der Waals surface area contributed by atoms with Crippen LogP contribution >= 0.6 is 0 Å². The van der Waals surface area contributed by atoms with Crippen LogP contribution in [0, 0.1) is 16.2 Å². The van der Waals surface area contributed by atoms with Crippen molar-refractivity contribution < 1.29 is 0 Å².